The monoisotopic (exact) mass is 389 g/mol. The van der Waals surface area contributed by atoms with Crippen LogP contribution >= 0.6 is 0 Å². The van der Waals surface area contributed by atoms with E-state index in [9.17, 15) is 4.79 Å². The largest absolute Gasteiger partial charge is 0.335 e. The van der Waals surface area contributed by atoms with Gasteiger partial charge in [-0.05, 0) is 45.6 Å². The number of carbonyl (C=O) groups is 1. The first-order valence-corrected chi connectivity index (χ1v) is 10.8. The van der Waals surface area contributed by atoms with Crippen molar-refractivity contribution in [1.82, 2.24) is 15.0 Å². The molecule has 1 aromatic carbocycles. The van der Waals surface area contributed by atoms with Gasteiger partial charge in [-0.25, -0.2) is 4.98 Å². The Hall–Kier alpha value is -2.69. The summed E-state index contributed by atoms with van der Waals surface area (Å²) in [5.74, 6) is 0.525. The molecule has 0 aliphatic heterocycles. The van der Waals surface area contributed by atoms with Crippen molar-refractivity contribution in [3.63, 3.8) is 0 Å². The highest BCUT2D eigenvalue weighted by Gasteiger charge is 2.34. The quantitative estimate of drug-likeness (QED) is 0.573. The van der Waals surface area contributed by atoms with Crippen molar-refractivity contribution in [3.05, 3.63) is 47.7 Å². The zero-order valence-electron chi connectivity index (χ0n) is 17.1. The van der Waals surface area contributed by atoms with E-state index in [1.165, 1.54) is 12.8 Å². The van der Waals surface area contributed by atoms with E-state index < -0.39 is 0 Å². The van der Waals surface area contributed by atoms with E-state index in [1.54, 1.807) is 0 Å². The molecule has 0 bridgehead atoms. The normalized spacial score (nSPS) is 17.3. The lowest BCUT2D eigenvalue weighted by Crippen LogP contribution is -2.43. The molecule has 2 saturated carbocycles. The maximum absolute atomic E-state index is 13.9. The van der Waals surface area contributed by atoms with Crippen LogP contribution in [0.2, 0.25) is 0 Å². The molecule has 5 rings (SSSR count). The van der Waals surface area contributed by atoms with Crippen LogP contribution in [0.3, 0.4) is 0 Å². The molecule has 0 radical (unpaired) electrons. The molecule has 0 saturated heterocycles. The molecule has 2 aliphatic rings. The number of amides is 1. The van der Waals surface area contributed by atoms with Crippen LogP contribution in [0.25, 0.3) is 22.4 Å². The lowest BCUT2D eigenvalue weighted by Gasteiger charge is -2.33. The van der Waals surface area contributed by atoms with E-state index >= 15 is 0 Å². The lowest BCUT2D eigenvalue weighted by atomic mass is 10.0. The van der Waals surface area contributed by atoms with Crippen molar-refractivity contribution < 1.29 is 9.32 Å². The number of benzene rings is 1. The molecule has 1 amide bonds. The van der Waals surface area contributed by atoms with Gasteiger partial charge in [0.1, 0.15) is 5.69 Å². The highest BCUT2D eigenvalue weighted by molar-refractivity contribution is 6.09. The van der Waals surface area contributed by atoms with Crippen LogP contribution in [0, 0.1) is 0 Å². The summed E-state index contributed by atoms with van der Waals surface area (Å²) in [6.45, 7) is 4.23. The standard InChI is InChI=1S/C24H27N3O2/c1-15(2)27(18-10-6-7-11-18)24(28)19-14-20(16-12-13-16)25-23-21(19)22(26-29-23)17-8-4-3-5-9-17/h3-5,8-9,14-16,18H,6-7,10-13H2,1-2H3. The second-order valence-electron chi connectivity index (χ2n) is 8.69. The maximum Gasteiger partial charge on any atom is 0.259 e. The Balaban J connectivity index is 1.67. The minimum absolute atomic E-state index is 0.0848. The van der Waals surface area contributed by atoms with Gasteiger partial charge in [-0.2, -0.15) is 0 Å². The highest BCUT2D eigenvalue weighted by Crippen LogP contribution is 2.42. The SMILES string of the molecule is CC(C)N(C(=O)c1cc(C2CC2)nc2onc(-c3ccccc3)c12)C1CCCC1. The minimum Gasteiger partial charge on any atom is -0.335 e. The van der Waals surface area contributed by atoms with Crippen LogP contribution in [0.4, 0.5) is 0 Å². The molecule has 5 heteroatoms. The molecule has 150 valence electrons. The zero-order valence-corrected chi connectivity index (χ0v) is 17.1. The number of hydrogen-bond acceptors (Lipinski definition) is 4. The molecule has 0 unspecified atom stereocenters. The van der Waals surface area contributed by atoms with E-state index in [0.717, 1.165) is 42.3 Å². The van der Waals surface area contributed by atoms with Crippen molar-refractivity contribution in [1.29, 1.82) is 0 Å². The molecule has 2 heterocycles. The van der Waals surface area contributed by atoms with Crippen LogP contribution in [0.15, 0.2) is 40.9 Å². The fraction of sp³-hybridized carbons (Fsp3) is 0.458. The Kier molecular flexibility index (Phi) is 4.61. The fourth-order valence-electron chi connectivity index (χ4n) is 4.66. The van der Waals surface area contributed by atoms with Crippen LogP contribution in [0.1, 0.15) is 74.3 Å². The third kappa shape index (κ3) is 3.33. The molecule has 0 N–H and O–H groups in total. The third-order valence-electron chi connectivity index (χ3n) is 6.25. The van der Waals surface area contributed by atoms with Crippen molar-refractivity contribution in [3.8, 4) is 11.3 Å². The number of nitrogens with zero attached hydrogens (tertiary/aromatic N) is 3. The van der Waals surface area contributed by atoms with Crippen molar-refractivity contribution in [2.45, 2.75) is 70.4 Å². The van der Waals surface area contributed by atoms with E-state index in [1.807, 2.05) is 36.4 Å². The van der Waals surface area contributed by atoms with Gasteiger partial charge in [0.25, 0.3) is 11.6 Å². The molecule has 3 aromatic rings. The van der Waals surface area contributed by atoms with Gasteiger partial charge in [0, 0.05) is 29.3 Å². The second kappa shape index (κ2) is 7.29. The minimum atomic E-state index is 0.0848. The van der Waals surface area contributed by atoms with E-state index in [2.05, 4.69) is 23.9 Å². The number of carbonyl (C=O) groups excluding carboxylic acids is 1. The highest BCUT2D eigenvalue weighted by atomic mass is 16.5. The smallest absolute Gasteiger partial charge is 0.259 e. The molecule has 2 aromatic heterocycles. The van der Waals surface area contributed by atoms with Crippen molar-refractivity contribution in [2.75, 3.05) is 0 Å². The van der Waals surface area contributed by atoms with Gasteiger partial charge >= 0.3 is 0 Å². The summed E-state index contributed by atoms with van der Waals surface area (Å²) in [7, 11) is 0. The van der Waals surface area contributed by atoms with Crippen LogP contribution in [0.5, 0.6) is 0 Å². The van der Waals surface area contributed by atoms with Crippen molar-refractivity contribution in [2.24, 2.45) is 0 Å². The summed E-state index contributed by atoms with van der Waals surface area (Å²) >= 11 is 0. The topological polar surface area (TPSA) is 59.2 Å². The van der Waals surface area contributed by atoms with Crippen molar-refractivity contribution >= 4 is 17.0 Å². The molecule has 2 fully saturated rings. The Morgan fingerprint density at radius 3 is 2.48 bits per heavy atom. The van der Waals surface area contributed by atoms with E-state index in [-0.39, 0.29) is 11.9 Å². The number of pyridine rings is 1. The Labute approximate surface area is 171 Å². The van der Waals surface area contributed by atoms with Gasteiger partial charge in [0.15, 0.2) is 0 Å². The van der Waals surface area contributed by atoms with Crippen LogP contribution in [-0.4, -0.2) is 33.0 Å². The van der Waals surface area contributed by atoms with Gasteiger partial charge in [0.2, 0.25) is 0 Å². The first-order chi connectivity index (χ1) is 14.1. The van der Waals surface area contributed by atoms with E-state index in [4.69, 9.17) is 9.51 Å². The first-order valence-electron chi connectivity index (χ1n) is 10.8. The molecule has 29 heavy (non-hydrogen) atoms. The molecule has 0 spiro atoms. The number of hydrogen-bond donors (Lipinski definition) is 0. The summed E-state index contributed by atoms with van der Waals surface area (Å²) in [6, 6.07) is 12.4. The van der Waals surface area contributed by atoms with Gasteiger partial charge in [-0.3, -0.25) is 4.79 Å². The molecule has 0 atom stereocenters. The third-order valence-corrected chi connectivity index (χ3v) is 6.25. The zero-order chi connectivity index (χ0) is 20.0. The van der Waals surface area contributed by atoms with Crippen LogP contribution in [-0.2, 0) is 0 Å². The Morgan fingerprint density at radius 2 is 1.83 bits per heavy atom. The molecular formula is C24H27N3O2. The molecule has 5 nitrogen and oxygen atoms in total. The molecule has 2 aliphatic carbocycles. The van der Waals surface area contributed by atoms with E-state index in [0.29, 0.717) is 28.9 Å². The van der Waals surface area contributed by atoms with Crippen LogP contribution < -0.4 is 0 Å². The summed E-state index contributed by atoms with van der Waals surface area (Å²) < 4.78 is 5.65. The predicted octanol–water partition coefficient (Wildman–Crippen LogP) is 5.56. The number of fused-ring (bicyclic) bond motifs is 1. The lowest BCUT2D eigenvalue weighted by molar-refractivity contribution is 0.0615. The van der Waals surface area contributed by atoms with Gasteiger partial charge in [0.05, 0.1) is 10.9 Å². The number of aromatic nitrogens is 2. The Bertz CT molecular complexity index is 1030. The summed E-state index contributed by atoms with van der Waals surface area (Å²) in [6.07, 6.45) is 6.82. The predicted molar refractivity (Wildman–Crippen MR) is 113 cm³/mol. The average Bonchev–Trinajstić information content (AvgIpc) is 3.28. The van der Waals surface area contributed by atoms with Gasteiger partial charge < -0.3 is 9.42 Å². The van der Waals surface area contributed by atoms with Gasteiger partial charge in [-0.1, -0.05) is 48.3 Å². The number of rotatable bonds is 5. The maximum atomic E-state index is 13.9. The average molecular weight is 389 g/mol. The summed E-state index contributed by atoms with van der Waals surface area (Å²) in [5, 5.41) is 5.07. The fourth-order valence-corrected chi connectivity index (χ4v) is 4.66. The second-order valence-corrected chi connectivity index (χ2v) is 8.69. The Morgan fingerprint density at radius 1 is 1.10 bits per heavy atom. The summed E-state index contributed by atoms with van der Waals surface area (Å²) in [5.41, 5.74) is 3.78. The first kappa shape index (κ1) is 18.3. The molecular weight excluding hydrogens is 362 g/mol. The van der Waals surface area contributed by atoms with Gasteiger partial charge in [-0.15, -0.1) is 0 Å². The summed E-state index contributed by atoms with van der Waals surface area (Å²) in [4.78, 5) is 20.7.